The van der Waals surface area contributed by atoms with Crippen LogP contribution in [-0.4, -0.2) is 9.97 Å². The summed E-state index contributed by atoms with van der Waals surface area (Å²) in [4.78, 5) is 9.34. The van der Waals surface area contributed by atoms with Crippen LogP contribution in [0.15, 0.2) is 40.5 Å². The van der Waals surface area contributed by atoms with Crippen molar-refractivity contribution in [2.24, 2.45) is 5.73 Å². The van der Waals surface area contributed by atoms with E-state index in [9.17, 15) is 0 Å². The van der Waals surface area contributed by atoms with E-state index in [2.05, 4.69) is 9.97 Å². The fraction of sp³-hybridized carbons (Fsp3) is 0.167. The van der Waals surface area contributed by atoms with Crippen LogP contribution in [-0.2, 0) is 6.42 Å². The lowest BCUT2D eigenvalue weighted by atomic mass is 10.1. The van der Waals surface area contributed by atoms with Crippen molar-refractivity contribution in [1.29, 1.82) is 0 Å². The first kappa shape index (κ1) is 10.4. The highest BCUT2D eigenvalue weighted by Gasteiger charge is 2.13. The lowest BCUT2D eigenvalue weighted by Crippen LogP contribution is -2.11. The number of aromatic nitrogens is 2. The molecule has 3 aromatic heterocycles. The minimum atomic E-state index is -0.148. The van der Waals surface area contributed by atoms with E-state index < -0.39 is 0 Å². The Morgan fingerprint density at radius 1 is 1.47 bits per heavy atom. The van der Waals surface area contributed by atoms with Gasteiger partial charge >= 0.3 is 0 Å². The zero-order valence-electron chi connectivity index (χ0n) is 9.04. The number of hydrogen-bond acceptors (Lipinski definition) is 5. The molecule has 0 aliphatic heterocycles. The Bertz CT molecular complexity index is 585. The molecule has 0 aromatic carbocycles. The molecule has 2 N–H and O–H groups in total. The Balaban J connectivity index is 1.88. The van der Waals surface area contributed by atoms with Gasteiger partial charge in [0.25, 0.3) is 0 Å². The van der Waals surface area contributed by atoms with Gasteiger partial charge in [0.2, 0.25) is 5.71 Å². The lowest BCUT2D eigenvalue weighted by Gasteiger charge is -2.05. The van der Waals surface area contributed by atoms with E-state index in [1.807, 2.05) is 29.9 Å². The van der Waals surface area contributed by atoms with Crippen LogP contribution in [0.1, 0.15) is 16.7 Å². The van der Waals surface area contributed by atoms with Gasteiger partial charge in [-0.05, 0) is 18.2 Å². The highest BCUT2D eigenvalue weighted by molar-refractivity contribution is 7.09. The summed E-state index contributed by atoms with van der Waals surface area (Å²) in [5.41, 5.74) is 8.56. The molecule has 0 fully saturated rings. The van der Waals surface area contributed by atoms with E-state index in [0.29, 0.717) is 5.71 Å². The van der Waals surface area contributed by atoms with Gasteiger partial charge in [-0.15, -0.1) is 11.3 Å². The predicted octanol–water partition coefficient (Wildman–Crippen LogP) is 2.53. The van der Waals surface area contributed by atoms with Crippen molar-refractivity contribution < 1.29 is 4.42 Å². The smallest absolute Gasteiger partial charge is 0.226 e. The molecule has 17 heavy (non-hydrogen) atoms. The molecule has 0 aliphatic rings. The van der Waals surface area contributed by atoms with Gasteiger partial charge in [0.1, 0.15) is 5.76 Å². The minimum absolute atomic E-state index is 0.148. The number of nitrogens with two attached hydrogens (primary N) is 1. The van der Waals surface area contributed by atoms with Crippen molar-refractivity contribution in [3.8, 4) is 0 Å². The summed E-state index contributed by atoms with van der Waals surface area (Å²) in [7, 11) is 0. The van der Waals surface area contributed by atoms with Crippen LogP contribution < -0.4 is 5.73 Å². The molecule has 4 nitrogen and oxygen atoms in total. The van der Waals surface area contributed by atoms with Gasteiger partial charge in [-0.2, -0.15) is 0 Å². The number of furan rings is 1. The third-order valence-electron chi connectivity index (χ3n) is 2.58. The maximum atomic E-state index is 6.11. The second-order valence-electron chi connectivity index (χ2n) is 3.82. The molecule has 0 saturated heterocycles. The molecule has 86 valence electrons. The number of pyridine rings is 1. The summed E-state index contributed by atoms with van der Waals surface area (Å²) in [6.07, 6.45) is 4.29. The first-order valence-corrected chi connectivity index (χ1v) is 6.18. The third kappa shape index (κ3) is 2.07. The van der Waals surface area contributed by atoms with Crippen LogP contribution >= 0.6 is 11.3 Å². The van der Waals surface area contributed by atoms with E-state index in [-0.39, 0.29) is 6.04 Å². The van der Waals surface area contributed by atoms with E-state index in [1.165, 1.54) is 0 Å². The zero-order chi connectivity index (χ0) is 11.7. The second kappa shape index (κ2) is 4.27. The van der Waals surface area contributed by atoms with Crippen molar-refractivity contribution >= 4 is 22.4 Å². The maximum absolute atomic E-state index is 6.11. The first-order valence-electron chi connectivity index (χ1n) is 5.30. The van der Waals surface area contributed by atoms with Crippen molar-refractivity contribution in [2.75, 3.05) is 0 Å². The Kier molecular flexibility index (Phi) is 2.62. The van der Waals surface area contributed by atoms with E-state index in [4.69, 9.17) is 10.2 Å². The molecule has 0 spiro atoms. The summed E-state index contributed by atoms with van der Waals surface area (Å²) >= 11 is 1.60. The predicted molar refractivity (Wildman–Crippen MR) is 66.8 cm³/mol. The summed E-state index contributed by atoms with van der Waals surface area (Å²) < 4.78 is 5.63. The van der Waals surface area contributed by atoms with Gasteiger partial charge < -0.3 is 10.2 Å². The van der Waals surface area contributed by atoms with Gasteiger partial charge in [0.15, 0.2) is 0 Å². The molecule has 0 amide bonds. The van der Waals surface area contributed by atoms with Gasteiger partial charge in [0, 0.05) is 29.1 Å². The summed E-state index contributed by atoms with van der Waals surface area (Å²) in [5.74, 6) is 0.770. The van der Waals surface area contributed by atoms with E-state index >= 15 is 0 Å². The number of thiazole rings is 1. The molecule has 0 aliphatic carbocycles. The molecule has 1 unspecified atom stereocenters. The molecule has 0 bridgehead atoms. The third-order valence-corrected chi connectivity index (χ3v) is 3.38. The molecule has 3 rings (SSSR count). The highest BCUT2D eigenvalue weighted by Crippen LogP contribution is 2.24. The van der Waals surface area contributed by atoms with Crippen LogP contribution in [0.5, 0.6) is 0 Å². The quantitative estimate of drug-likeness (QED) is 0.770. The molecule has 0 radical (unpaired) electrons. The summed E-state index contributed by atoms with van der Waals surface area (Å²) in [6, 6.07) is 5.66. The van der Waals surface area contributed by atoms with Crippen molar-refractivity contribution in [2.45, 2.75) is 12.5 Å². The Hall–Kier alpha value is -1.72. The highest BCUT2D eigenvalue weighted by atomic mass is 32.1. The average Bonchev–Trinajstić information content (AvgIpc) is 2.96. The standard InChI is InChI=1S/C12H11N3OS/c13-10(5-9-6-14-7-17-9)11-4-8-2-1-3-15-12(8)16-11/h1-4,6-7,10H,5,13H2. The van der Waals surface area contributed by atoms with Gasteiger partial charge in [-0.3, -0.25) is 4.98 Å². The van der Waals surface area contributed by atoms with Gasteiger partial charge in [-0.1, -0.05) is 0 Å². The molecular weight excluding hydrogens is 234 g/mol. The zero-order valence-corrected chi connectivity index (χ0v) is 9.85. The number of hydrogen-bond donors (Lipinski definition) is 1. The second-order valence-corrected chi connectivity index (χ2v) is 4.80. The van der Waals surface area contributed by atoms with E-state index in [0.717, 1.165) is 22.4 Å². The molecule has 5 heteroatoms. The number of fused-ring (bicyclic) bond motifs is 1. The molecule has 3 heterocycles. The minimum Gasteiger partial charge on any atom is -0.441 e. The normalized spacial score (nSPS) is 13.0. The van der Waals surface area contributed by atoms with Crippen molar-refractivity contribution in [3.63, 3.8) is 0 Å². The molecule has 3 aromatic rings. The van der Waals surface area contributed by atoms with E-state index in [1.54, 1.807) is 17.5 Å². The van der Waals surface area contributed by atoms with Crippen LogP contribution in [0.25, 0.3) is 11.1 Å². The van der Waals surface area contributed by atoms with Crippen molar-refractivity contribution in [3.05, 3.63) is 46.7 Å². The lowest BCUT2D eigenvalue weighted by molar-refractivity contribution is 0.489. The number of nitrogens with zero attached hydrogens (tertiary/aromatic N) is 2. The monoisotopic (exact) mass is 245 g/mol. The number of rotatable bonds is 3. The molecular formula is C12H11N3OS. The Labute approximate surface area is 102 Å². The molecule has 0 saturated carbocycles. The average molecular weight is 245 g/mol. The summed E-state index contributed by atoms with van der Waals surface area (Å²) in [5, 5.41) is 0.988. The van der Waals surface area contributed by atoms with Gasteiger partial charge in [0.05, 0.1) is 11.6 Å². The topological polar surface area (TPSA) is 64.9 Å². The molecule has 1 atom stereocenters. The summed E-state index contributed by atoms with van der Waals surface area (Å²) in [6.45, 7) is 0. The van der Waals surface area contributed by atoms with Crippen molar-refractivity contribution in [1.82, 2.24) is 9.97 Å². The Morgan fingerprint density at radius 3 is 3.18 bits per heavy atom. The van der Waals surface area contributed by atoms with Gasteiger partial charge in [-0.25, -0.2) is 4.98 Å². The first-order chi connectivity index (χ1) is 8.33. The van der Waals surface area contributed by atoms with Crippen LogP contribution in [0.4, 0.5) is 0 Å². The van der Waals surface area contributed by atoms with Crippen LogP contribution in [0, 0.1) is 0 Å². The fourth-order valence-electron chi connectivity index (χ4n) is 1.74. The van der Waals surface area contributed by atoms with Crippen LogP contribution in [0.2, 0.25) is 0 Å². The fourth-order valence-corrected chi connectivity index (χ4v) is 2.39. The SMILES string of the molecule is NC(Cc1cncs1)c1cc2cccnc2o1. The maximum Gasteiger partial charge on any atom is 0.226 e. The Morgan fingerprint density at radius 2 is 2.41 bits per heavy atom. The largest absolute Gasteiger partial charge is 0.441 e. The van der Waals surface area contributed by atoms with Crippen LogP contribution in [0.3, 0.4) is 0 Å².